The minimum absolute atomic E-state index is 0. The fourth-order valence-electron chi connectivity index (χ4n) is 3.33. The van der Waals surface area contributed by atoms with E-state index in [-0.39, 0.29) is 24.0 Å². The van der Waals surface area contributed by atoms with E-state index in [9.17, 15) is 0 Å². The minimum Gasteiger partial charge on any atom is -0.361 e. The van der Waals surface area contributed by atoms with Crippen LogP contribution in [0.3, 0.4) is 0 Å². The van der Waals surface area contributed by atoms with E-state index in [0.717, 1.165) is 36.7 Å². The Kier molecular flexibility index (Phi) is 7.89. The zero-order valence-corrected chi connectivity index (χ0v) is 19.3. The first kappa shape index (κ1) is 21.9. The van der Waals surface area contributed by atoms with Crippen molar-refractivity contribution in [3.63, 3.8) is 0 Å². The smallest absolute Gasteiger partial charge is 0.191 e. The van der Waals surface area contributed by atoms with Crippen molar-refractivity contribution in [1.82, 2.24) is 25.4 Å². The Morgan fingerprint density at radius 1 is 1.07 bits per heavy atom. The number of rotatable bonds is 7. The quantitative estimate of drug-likeness (QED) is 0.196. The van der Waals surface area contributed by atoms with E-state index in [4.69, 9.17) is 4.99 Å². The van der Waals surface area contributed by atoms with Crippen LogP contribution in [0.4, 0.5) is 0 Å². The van der Waals surface area contributed by atoms with Crippen LogP contribution in [-0.2, 0) is 13.0 Å². The number of para-hydroxylation sites is 2. The Bertz CT molecular complexity index is 1080. The molecule has 156 valence electrons. The number of halogens is 1. The fourth-order valence-corrected chi connectivity index (χ4v) is 3.33. The lowest BCUT2D eigenvalue weighted by Crippen LogP contribution is -2.38. The van der Waals surface area contributed by atoms with Crippen LogP contribution in [0.25, 0.3) is 16.6 Å². The Hall–Kier alpha value is -2.81. The van der Waals surface area contributed by atoms with E-state index in [2.05, 4.69) is 58.1 Å². The Morgan fingerprint density at radius 3 is 2.70 bits per heavy atom. The van der Waals surface area contributed by atoms with Gasteiger partial charge in [-0.25, -0.2) is 9.67 Å². The monoisotopic (exact) mass is 514 g/mol. The minimum atomic E-state index is 0. The van der Waals surface area contributed by atoms with Crippen LogP contribution >= 0.6 is 24.0 Å². The maximum atomic E-state index is 4.71. The van der Waals surface area contributed by atoms with Crippen LogP contribution in [-0.4, -0.2) is 33.8 Å². The third-order valence-electron chi connectivity index (χ3n) is 4.78. The summed E-state index contributed by atoms with van der Waals surface area (Å²) >= 11 is 0. The molecule has 0 aliphatic carbocycles. The van der Waals surface area contributed by atoms with Crippen molar-refractivity contribution in [2.45, 2.75) is 19.9 Å². The van der Waals surface area contributed by atoms with E-state index in [1.165, 1.54) is 16.5 Å². The second-order valence-corrected chi connectivity index (χ2v) is 6.86. The Balaban J connectivity index is 0.00000256. The molecule has 3 N–H and O–H groups in total. The first-order chi connectivity index (χ1) is 14.3. The van der Waals surface area contributed by atoms with Crippen molar-refractivity contribution in [3.05, 3.63) is 84.3 Å². The summed E-state index contributed by atoms with van der Waals surface area (Å²) < 4.78 is 1.88. The lowest BCUT2D eigenvalue weighted by molar-refractivity contribution is 0.801. The highest BCUT2D eigenvalue weighted by Gasteiger charge is 2.04. The molecule has 0 radical (unpaired) electrons. The number of H-pyrrole nitrogens is 1. The van der Waals surface area contributed by atoms with E-state index >= 15 is 0 Å². The molecule has 2 aromatic heterocycles. The zero-order chi connectivity index (χ0) is 19.9. The maximum Gasteiger partial charge on any atom is 0.191 e. The molecule has 0 spiro atoms. The van der Waals surface area contributed by atoms with Gasteiger partial charge in [-0.05, 0) is 37.1 Å². The van der Waals surface area contributed by atoms with Gasteiger partial charge >= 0.3 is 0 Å². The predicted octanol–water partition coefficient (Wildman–Crippen LogP) is 4.27. The Morgan fingerprint density at radius 2 is 1.87 bits per heavy atom. The molecule has 0 bridgehead atoms. The highest BCUT2D eigenvalue weighted by Crippen LogP contribution is 2.17. The van der Waals surface area contributed by atoms with Gasteiger partial charge in [-0.1, -0.05) is 36.4 Å². The summed E-state index contributed by atoms with van der Waals surface area (Å²) in [5.41, 5.74) is 4.61. The number of guanidine groups is 1. The maximum absolute atomic E-state index is 4.71. The summed E-state index contributed by atoms with van der Waals surface area (Å²) in [6.07, 6.45) is 6.91. The number of nitrogens with zero attached hydrogens (tertiary/aromatic N) is 3. The van der Waals surface area contributed by atoms with Crippen LogP contribution in [0, 0.1) is 0 Å². The first-order valence-electron chi connectivity index (χ1n) is 9.99. The van der Waals surface area contributed by atoms with Gasteiger partial charge in [0.15, 0.2) is 5.96 Å². The summed E-state index contributed by atoms with van der Waals surface area (Å²) in [5, 5.41) is 12.5. The van der Waals surface area contributed by atoms with Gasteiger partial charge in [0.05, 0.1) is 18.4 Å². The molecule has 0 amide bonds. The van der Waals surface area contributed by atoms with Gasteiger partial charge in [-0.15, -0.1) is 24.0 Å². The van der Waals surface area contributed by atoms with Gasteiger partial charge in [-0.3, -0.25) is 0 Å². The van der Waals surface area contributed by atoms with E-state index in [1.807, 2.05) is 47.4 Å². The second kappa shape index (κ2) is 10.8. The topological polar surface area (TPSA) is 70.0 Å². The molecule has 2 aromatic carbocycles. The van der Waals surface area contributed by atoms with Gasteiger partial charge in [0, 0.05) is 41.9 Å². The second-order valence-electron chi connectivity index (χ2n) is 6.86. The average molecular weight is 514 g/mol. The van der Waals surface area contributed by atoms with Gasteiger partial charge in [-0.2, -0.15) is 5.10 Å². The van der Waals surface area contributed by atoms with Crippen molar-refractivity contribution in [2.24, 2.45) is 4.99 Å². The van der Waals surface area contributed by atoms with Crippen LogP contribution in [0.5, 0.6) is 0 Å². The van der Waals surface area contributed by atoms with Gasteiger partial charge < -0.3 is 15.6 Å². The molecule has 0 unspecified atom stereocenters. The van der Waals surface area contributed by atoms with Crippen molar-refractivity contribution in [3.8, 4) is 5.69 Å². The number of aromatic nitrogens is 3. The highest BCUT2D eigenvalue weighted by atomic mass is 127. The standard InChI is InChI=1S/C23H26N6.HI/c1-2-24-23(25-13-12-19-16-26-22-11-7-6-10-21(19)22)27-14-18-15-28-29(17-18)20-8-4-3-5-9-20;/h3-11,15-17,26H,2,12-14H2,1H3,(H2,24,25,27);1H. The van der Waals surface area contributed by atoms with Gasteiger partial charge in [0.1, 0.15) is 0 Å². The number of hydrogen-bond donors (Lipinski definition) is 3. The molecule has 0 aliphatic heterocycles. The molecule has 4 rings (SSSR count). The summed E-state index contributed by atoms with van der Waals surface area (Å²) in [5.74, 6) is 0.819. The molecular formula is C23H27IN6. The van der Waals surface area contributed by atoms with Crippen LogP contribution < -0.4 is 10.6 Å². The first-order valence-corrected chi connectivity index (χ1v) is 9.99. The lowest BCUT2D eigenvalue weighted by Gasteiger charge is -2.10. The van der Waals surface area contributed by atoms with Crippen molar-refractivity contribution in [1.29, 1.82) is 0 Å². The van der Waals surface area contributed by atoms with Crippen molar-refractivity contribution >= 4 is 40.8 Å². The predicted molar refractivity (Wildman–Crippen MR) is 134 cm³/mol. The number of nitrogens with one attached hydrogen (secondary N) is 3. The zero-order valence-electron chi connectivity index (χ0n) is 17.0. The molecule has 2 heterocycles. The summed E-state index contributed by atoms with van der Waals surface area (Å²) in [6.45, 7) is 4.29. The molecule has 0 fully saturated rings. The summed E-state index contributed by atoms with van der Waals surface area (Å²) in [7, 11) is 0. The summed E-state index contributed by atoms with van der Waals surface area (Å²) in [6, 6.07) is 18.5. The largest absolute Gasteiger partial charge is 0.361 e. The Labute approximate surface area is 193 Å². The molecule has 30 heavy (non-hydrogen) atoms. The molecule has 0 aliphatic rings. The normalized spacial score (nSPS) is 11.3. The fraction of sp³-hybridized carbons (Fsp3) is 0.217. The molecule has 7 heteroatoms. The van der Waals surface area contributed by atoms with Crippen molar-refractivity contribution in [2.75, 3.05) is 13.1 Å². The number of hydrogen-bond acceptors (Lipinski definition) is 2. The molecule has 0 saturated carbocycles. The van der Waals surface area contributed by atoms with E-state index in [1.54, 1.807) is 0 Å². The molecule has 6 nitrogen and oxygen atoms in total. The molecule has 0 atom stereocenters. The number of aromatic amines is 1. The number of aliphatic imine (C=N–C) groups is 1. The highest BCUT2D eigenvalue weighted by molar-refractivity contribution is 14.0. The molecule has 0 saturated heterocycles. The number of fused-ring (bicyclic) bond motifs is 1. The molecular weight excluding hydrogens is 487 g/mol. The lowest BCUT2D eigenvalue weighted by atomic mass is 10.1. The molecule has 4 aromatic rings. The van der Waals surface area contributed by atoms with Gasteiger partial charge in [0.2, 0.25) is 0 Å². The van der Waals surface area contributed by atoms with E-state index < -0.39 is 0 Å². The third kappa shape index (κ3) is 5.41. The van der Waals surface area contributed by atoms with Crippen molar-refractivity contribution < 1.29 is 0 Å². The van der Waals surface area contributed by atoms with Crippen LogP contribution in [0.1, 0.15) is 18.1 Å². The van der Waals surface area contributed by atoms with Crippen LogP contribution in [0.2, 0.25) is 0 Å². The third-order valence-corrected chi connectivity index (χ3v) is 4.78. The van der Waals surface area contributed by atoms with Gasteiger partial charge in [0.25, 0.3) is 0 Å². The SMILES string of the molecule is CCNC(=NCc1cnn(-c2ccccc2)c1)NCCc1c[nH]c2ccccc12.I. The number of benzene rings is 2. The van der Waals surface area contributed by atoms with Crippen LogP contribution in [0.15, 0.2) is 78.2 Å². The average Bonchev–Trinajstić information content (AvgIpc) is 3.40. The van der Waals surface area contributed by atoms with E-state index in [0.29, 0.717) is 6.54 Å². The summed E-state index contributed by atoms with van der Waals surface area (Å²) in [4.78, 5) is 8.04.